The maximum Gasteiger partial charge on any atom is 0.164 e. The Hall–Kier alpha value is -2.91. The second-order valence-electron chi connectivity index (χ2n) is 9.75. The summed E-state index contributed by atoms with van der Waals surface area (Å²) in [5, 5.41) is 0. The smallest absolute Gasteiger partial charge is 0.164 e. The monoisotopic (exact) mass is 455 g/mol. The normalized spacial score (nSPS) is 14.6. The van der Waals surface area contributed by atoms with Gasteiger partial charge in [0.1, 0.15) is 5.75 Å². The molecule has 1 aliphatic heterocycles. The SMILES string of the molecule is Cc1cc(C(=O)CC(C)(c2ccccc2)c2ccccc2)ccc1OCCCN1CCCCC1. The predicted octanol–water partition coefficient (Wildman–Crippen LogP) is 6.83. The van der Waals surface area contributed by atoms with E-state index in [4.69, 9.17) is 4.74 Å². The molecule has 3 heteroatoms. The van der Waals surface area contributed by atoms with Crippen molar-refractivity contribution >= 4 is 5.78 Å². The molecular weight excluding hydrogens is 418 g/mol. The van der Waals surface area contributed by atoms with Gasteiger partial charge in [0, 0.05) is 23.9 Å². The summed E-state index contributed by atoms with van der Waals surface area (Å²) in [5.41, 5.74) is 3.68. The molecule has 3 nitrogen and oxygen atoms in total. The molecule has 0 aromatic heterocycles. The summed E-state index contributed by atoms with van der Waals surface area (Å²) in [5.74, 6) is 1.03. The Morgan fingerprint density at radius 3 is 2.09 bits per heavy atom. The minimum Gasteiger partial charge on any atom is -0.493 e. The average Bonchev–Trinajstić information content (AvgIpc) is 2.89. The highest BCUT2D eigenvalue weighted by molar-refractivity contribution is 5.97. The number of carbonyl (C=O) groups is 1. The van der Waals surface area contributed by atoms with Crippen LogP contribution < -0.4 is 4.74 Å². The van der Waals surface area contributed by atoms with E-state index in [9.17, 15) is 4.79 Å². The zero-order valence-electron chi connectivity index (χ0n) is 20.6. The molecule has 0 radical (unpaired) electrons. The molecule has 0 unspecified atom stereocenters. The van der Waals surface area contributed by atoms with Gasteiger partial charge in [-0.1, -0.05) is 74.0 Å². The number of hydrogen-bond donors (Lipinski definition) is 0. The standard InChI is InChI=1S/C31H37NO2/c1-25-23-26(17-18-30(25)34-22-12-21-32-19-10-5-11-20-32)29(33)24-31(2,27-13-6-3-7-14-27)28-15-8-4-9-16-28/h3-4,6-9,13-18,23H,5,10-12,19-22,24H2,1-2H3. The van der Waals surface area contributed by atoms with Crippen LogP contribution in [0.5, 0.6) is 5.75 Å². The first-order valence-corrected chi connectivity index (χ1v) is 12.7. The van der Waals surface area contributed by atoms with E-state index in [2.05, 4.69) is 36.1 Å². The Bertz CT molecular complexity index is 1020. The van der Waals surface area contributed by atoms with Crippen molar-refractivity contribution in [1.82, 2.24) is 4.90 Å². The molecule has 1 saturated heterocycles. The number of ether oxygens (including phenoxy) is 1. The molecule has 3 aromatic carbocycles. The number of carbonyl (C=O) groups excluding carboxylic acids is 1. The maximum absolute atomic E-state index is 13.5. The summed E-state index contributed by atoms with van der Waals surface area (Å²) in [4.78, 5) is 16.0. The van der Waals surface area contributed by atoms with E-state index in [1.54, 1.807) is 0 Å². The van der Waals surface area contributed by atoms with Crippen molar-refractivity contribution < 1.29 is 9.53 Å². The Balaban J connectivity index is 1.42. The van der Waals surface area contributed by atoms with Gasteiger partial charge < -0.3 is 9.64 Å². The van der Waals surface area contributed by atoms with Crippen LogP contribution in [0.25, 0.3) is 0 Å². The molecule has 0 amide bonds. The lowest BCUT2D eigenvalue weighted by Gasteiger charge is -2.30. The first-order valence-electron chi connectivity index (χ1n) is 12.7. The van der Waals surface area contributed by atoms with Crippen LogP contribution in [0.15, 0.2) is 78.9 Å². The van der Waals surface area contributed by atoms with Crippen LogP contribution in [-0.4, -0.2) is 36.9 Å². The molecule has 4 rings (SSSR count). The Kier molecular flexibility index (Phi) is 8.18. The second-order valence-corrected chi connectivity index (χ2v) is 9.75. The van der Waals surface area contributed by atoms with Crippen LogP contribution in [0.1, 0.15) is 66.1 Å². The van der Waals surface area contributed by atoms with E-state index in [0.717, 1.165) is 41.0 Å². The van der Waals surface area contributed by atoms with Gasteiger partial charge in [-0.05, 0) is 74.2 Å². The van der Waals surface area contributed by atoms with E-state index < -0.39 is 5.41 Å². The molecule has 0 saturated carbocycles. The van der Waals surface area contributed by atoms with Gasteiger partial charge in [0.25, 0.3) is 0 Å². The highest BCUT2D eigenvalue weighted by Gasteiger charge is 2.32. The number of hydrogen-bond acceptors (Lipinski definition) is 3. The fourth-order valence-electron chi connectivity index (χ4n) is 5.04. The summed E-state index contributed by atoms with van der Waals surface area (Å²) in [7, 11) is 0. The topological polar surface area (TPSA) is 29.5 Å². The van der Waals surface area contributed by atoms with Gasteiger partial charge in [0.15, 0.2) is 5.78 Å². The van der Waals surface area contributed by atoms with Crippen molar-refractivity contribution in [3.63, 3.8) is 0 Å². The van der Waals surface area contributed by atoms with Gasteiger partial charge in [-0.2, -0.15) is 0 Å². The van der Waals surface area contributed by atoms with Crippen LogP contribution in [-0.2, 0) is 5.41 Å². The van der Waals surface area contributed by atoms with Crippen molar-refractivity contribution in [2.45, 2.75) is 51.4 Å². The lowest BCUT2D eigenvalue weighted by Crippen LogP contribution is -2.31. The van der Waals surface area contributed by atoms with Crippen molar-refractivity contribution in [3.05, 3.63) is 101 Å². The van der Waals surface area contributed by atoms with Gasteiger partial charge in [-0.15, -0.1) is 0 Å². The van der Waals surface area contributed by atoms with E-state index in [1.807, 2.05) is 61.5 Å². The average molecular weight is 456 g/mol. The van der Waals surface area contributed by atoms with Gasteiger partial charge in [0.2, 0.25) is 0 Å². The van der Waals surface area contributed by atoms with Gasteiger partial charge in [-0.25, -0.2) is 0 Å². The van der Waals surface area contributed by atoms with Crippen molar-refractivity contribution in [2.75, 3.05) is 26.2 Å². The number of aryl methyl sites for hydroxylation is 1. The van der Waals surface area contributed by atoms with Gasteiger partial charge >= 0.3 is 0 Å². The van der Waals surface area contributed by atoms with Crippen LogP contribution in [0.4, 0.5) is 0 Å². The quantitative estimate of drug-likeness (QED) is 0.248. The van der Waals surface area contributed by atoms with Crippen LogP contribution >= 0.6 is 0 Å². The molecule has 1 heterocycles. The zero-order chi connectivity index (χ0) is 23.8. The number of ketones is 1. The molecule has 3 aromatic rings. The Morgan fingerprint density at radius 1 is 0.882 bits per heavy atom. The summed E-state index contributed by atoms with van der Waals surface area (Å²) >= 11 is 0. The minimum absolute atomic E-state index is 0.148. The summed E-state index contributed by atoms with van der Waals surface area (Å²) in [6.45, 7) is 8.46. The van der Waals surface area contributed by atoms with Crippen LogP contribution in [0.3, 0.4) is 0 Å². The Morgan fingerprint density at radius 2 is 1.50 bits per heavy atom. The summed E-state index contributed by atoms with van der Waals surface area (Å²) < 4.78 is 6.06. The van der Waals surface area contributed by atoms with Gasteiger partial charge in [-0.3, -0.25) is 4.79 Å². The first-order chi connectivity index (χ1) is 16.6. The number of piperidine rings is 1. The third-order valence-corrected chi connectivity index (χ3v) is 7.16. The minimum atomic E-state index is -0.392. The number of benzene rings is 3. The molecule has 178 valence electrons. The molecule has 1 aliphatic rings. The third-order valence-electron chi connectivity index (χ3n) is 7.16. The highest BCUT2D eigenvalue weighted by atomic mass is 16.5. The first kappa shape index (κ1) is 24.2. The number of rotatable bonds is 10. The molecule has 34 heavy (non-hydrogen) atoms. The molecular formula is C31H37NO2. The molecule has 0 aliphatic carbocycles. The van der Waals surface area contributed by atoms with E-state index >= 15 is 0 Å². The van der Waals surface area contributed by atoms with E-state index in [0.29, 0.717) is 13.0 Å². The van der Waals surface area contributed by atoms with Crippen LogP contribution in [0, 0.1) is 6.92 Å². The Labute approximate surface area is 204 Å². The summed E-state index contributed by atoms with van der Waals surface area (Å²) in [6, 6.07) is 26.6. The lowest BCUT2D eigenvalue weighted by atomic mass is 9.72. The molecule has 0 spiro atoms. The highest BCUT2D eigenvalue weighted by Crippen LogP contribution is 2.36. The number of Topliss-reactive ketones (excluding diaryl/α,β-unsaturated/α-hetero) is 1. The molecule has 0 N–H and O–H groups in total. The van der Waals surface area contributed by atoms with E-state index in [-0.39, 0.29) is 5.78 Å². The van der Waals surface area contributed by atoms with Crippen molar-refractivity contribution in [3.8, 4) is 5.75 Å². The fourth-order valence-corrected chi connectivity index (χ4v) is 5.04. The molecule has 1 fully saturated rings. The zero-order valence-corrected chi connectivity index (χ0v) is 20.6. The van der Waals surface area contributed by atoms with Gasteiger partial charge in [0.05, 0.1) is 6.61 Å². The van der Waals surface area contributed by atoms with Crippen molar-refractivity contribution in [2.24, 2.45) is 0 Å². The van der Waals surface area contributed by atoms with E-state index in [1.165, 1.54) is 32.4 Å². The number of likely N-dealkylation sites (tertiary alicyclic amines) is 1. The molecule has 0 atom stereocenters. The second kappa shape index (κ2) is 11.5. The maximum atomic E-state index is 13.5. The predicted molar refractivity (Wildman–Crippen MR) is 140 cm³/mol. The van der Waals surface area contributed by atoms with Crippen LogP contribution in [0.2, 0.25) is 0 Å². The fraction of sp³-hybridized carbons (Fsp3) is 0.387. The molecule has 0 bridgehead atoms. The van der Waals surface area contributed by atoms with Crippen molar-refractivity contribution in [1.29, 1.82) is 0 Å². The number of nitrogens with zero attached hydrogens (tertiary/aromatic N) is 1. The summed E-state index contributed by atoms with van der Waals surface area (Å²) in [6.07, 6.45) is 5.46. The largest absolute Gasteiger partial charge is 0.493 e. The lowest BCUT2D eigenvalue weighted by molar-refractivity contribution is 0.0962. The third kappa shape index (κ3) is 5.95.